The van der Waals surface area contributed by atoms with Gasteiger partial charge < -0.3 is 14.4 Å². The van der Waals surface area contributed by atoms with E-state index < -0.39 is 0 Å². The highest BCUT2D eigenvalue weighted by molar-refractivity contribution is 5.86. The number of hydrogen-bond acceptors (Lipinski definition) is 5. The minimum absolute atomic E-state index is 0.0353. The highest BCUT2D eigenvalue weighted by Crippen LogP contribution is 2.34. The van der Waals surface area contributed by atoms with Crippen LogP contribution in [0.25, 0.3) is 11.0 Å². The Hall–Kier alpha value is -3.09. The molecule has 1 unspecified atom stereocenters. The lowest BCUT2D eigenvalue weighted by Crippen LogP contribution is -2.34. The average molecular weight is 394 g/mol. The van der Waals surface area contributed by atoms with Crippen molar-refractivity contribution < 1.29 is 14.3 Å². The summed E-state index contributed by atoms with van der Waals surface area (Å²) in [6.07, 6.45) is 1.91. The van der Waals surface area contributed by atoms with Crippen LogP contribution in [0.2, 0.25) is 0 Å². The first-order valence-electron chi connectivity index (χ1n) is 9.85. The molecule has 1 aromatic carbocycles. The summed E-state index contributed by atoms with van der Waals surface area (Å²) in [5.41, 5.74) is 3.83. The third-order valence-corrected chi connectivity index (χ3v) is 5.47. The molecular formula is C22H26N4O3. The van der Waals surface area contributed by atoms with Gasteiger partial charge in [0.15, 0.2) is 12.3 Å². The Morgan fingerprint density at radius 1 is 1.28 bits per heavy atom. The van der Waals surface area contributed by atoms with Crippen molar-refractivity contribution in [2.45, 2.75) is 32.7 Å². The molecule has 4 rings (SSSR count). The second kappa shape index (κ2) is 7.73. The molecule has 1 amide bonds. The van der Waals surface area contributed by atoms with Gasteiger partial charge in [0.2, 0.25) is 5.88 Å². The number of benzene rings is 1. The standard InChI is InChI=1S/C22H26N4O3/c1-14-11-15(2)23-21-20(14)22(24-25(21)3)29-13-19(27)26-10-6-9-18(26)16-7-5-8-17(12-16)28-4/h5,7-8,11-12,18H,6,9-10,13H2,1-4H3. The first-order chi connectivity index (χ1) is 14.0. The van der Waals surface area contributed by atoms with Gasteiger partial charge in [0, 0.05) is 19.3 Å². The molecule has 3 heterocycles. The first kappa shape index (κ1) is 19.2. The van der Waals surface area contributed by atoms with E-state index in [4.69, 9.17) is 9.47 Å². The van der Waals surface area contributed by atoms with Crippen molar-refractivity contribution in [1.82, 2.24) is 19.7 Å². The van der Waals surface area contributed by atoms with Crippen LogP contribution in [0.5, 0.6) is 11.6 Å². The largest absolute Gasteiger partial charge is 0.497 e. The van der Waals surface area contributed by atoms with Gasteiger partial charge in [-0.3, -0.25) is 4.79 Å². The minimum Gasteiger partial charge on any atom is -0.497 e. The van der Waals surface area contributed by atoms with Crippen LogP contribution in [0.15, 0.2) is 30.3 Å². The summed E-state index contributed by atoms with van der Waals surface area (Å²) in [4.78, 5) is 19.4. The number of amides is 1. The number of aromatic nitrogens is 3. The number of fused-ring (bicyclic) bond motifs is 1. The van der Waals surface area contributed by atoms with Crippen LogP contribution in [-0.4, -0.2) is 45.8 Å². The van der Waals surface area contributed by atoms with Crippen molar-refractivity contribution in [2.24, 2.45) is 7.05 Å². The molecule has 1 aliphatic rings. The van der Waals surface area contributed by atoms with Crippen LogP contribution in [0, 0.1) is 13.8 Å². The van der Waals surface area contributed by atoms with E-state index in [-0.39, 0.29) is 18.6 Å². The van der Waals surface area contributed by atoms with Crippen LogP contribution in [0.1, 0.15) is 35.7 Å². The van der Waals surface area contributed by atoms with E-state index in [0.29, 0.717) is 5.88 Å². The first-order valence-corrected chi connectivity index (χ1v) is 9.85. The Kier molecular flexibility index (Phi) is 5.13. The number of methoxy groups -OCH3 is 1. The number of pyridine rings is 1. The number of nitrogens with zero attached hydrogens (tertiary/aromatic N) is 4. The van der Waals surface area contributed by atoms with E-state index in [1.54, 1.807) is 11.8 Å². The molecule has 7 heteroatoms. The molecule has 3 aromatic rings. The van der Waals surface area contributed by atoms with Crippen molar-refractivity contribution in [3.8, 4) is 11.6 Å². The molecule has 1 fully saturated rings. The summed E-state index contributed by atoms with van der Waals surface area (Å²) < 4.78 is 12.9. The Morgan fingerprint density at radius 2 is 2.10 bits per heavy atom. The average Bonchev–Trinajstić information content (AvgIpc) is 3.31. The molecule has 1 saturated heterocycles. The van der Waals surface area contributed by atoms with Crippen molar-refractivity contribution in [1.29, 1.82) is 0 Å². The molecule has 0 bridgehead atoms. The van der Waals surface area contributed by atoms with Crippen LogP contribution < -0.4 is 9.47 Å². The summed E-state index contributed by atoms with van der Waals surface area (Å²) in [6, 6.07) is 9.97. The fourth-order valence-electron chi connectivity index (χ4n) is 4.12. The molecule has 0 aliphatic carbocycles. The fourth-order valence-corrected chi connectivity index (χ4v) is 4.12. The van der Waals surface area contributed by atoms with Crippen molar-refractivity contribution in [3.63, 3.8) is 0 Å². The zero-order valence-corrected chi connectivity index (χ0v) is 17.3. The highest BCUT2D eigenvalue weighted by atomic mass is 16.5. The van der Waals surface area contributed by atoms with E-state index in [9.17, 15) is 4.79 Å². The van der Waals surface area contributed by atoms with Crippen LogP contribution in [0.3, 0.4) is 0 Å². The molecule has 1 atom stereocenters. The third-order valence-electron chi connectivity index (χ3n) is 5.47. The Labute approximate surface area is 170 Å². The van der Waals surface area contributed by atoms with E-state index in [2.05, 4.69) is 10.1 Å². The Balaban J connectivity index is 1.52. The molecule has 0 N–H and O–H groups in total. The number of carbonyl (C=O) groups is 1. The smallest absolute Gasteiger partial charge is 0.261 e. The van der Waals surface area contributed by atoms with Gasteiger partial charge in [-0.2, -0.15) is 0 Å². The molecule has 1 aliphatic heterocycles. The molecule has 7 nitrogen and oxygen atoms in total. The number of hydrogen-bond donors (Lipinski definition) is 0. The SMILES string of the molecule is COc1cccc(C2CCCN2C(=O)COc2nn(C)c3nc(C)cc(C)c23)c1. The van der Waals surface area contributed by atoms with Crippen LogP contribution in [0.4, 0.5) is 0 Å². The third kappa shape index (κ3) is 3.64. The summed E-state index contributed by atoms with van der Waals surface area (Å²) in [6.45, 7) is 4.65. The van der Waals surface area contributed by atoms with Gasteiger partial charge in [0.25, 0.3) is 5.91 Å². The lowest BCUT2D eigenvalue weighted by atomic mass is 10.0. The van der Waals surface area contributed by atoms with Gasteiger partial charge >= 0.3 is 0 Å². The maximum absolute atomic E-state index is 13.0. The number of ether oxygens (including phenoxy) is 2. The summed E-state index contributed by atoms with van der Waals surface area (Å²) >= 11 is 0. The molecule has 29 heavy (non-hydrogen) atoms. The molecule has 2 aromatic heterocycles. The number of carbonyl (C=O) groups excluding carboxylic acids is 1. The number of rotatable bonds is 5. The molecule has 0 saturated carbocycles. The van der Waals surface area contributed by atoms with Crippen molar-refractivity contribution in [2.75, 3.05) is 20.3 Å². The van der Waals surface area contributed by atoms with Gasteiger partial charge in [-0.15, -0.1) is 5.10 Å². The van der Waals surface area contributed by atoms with Gasteiger partial charge in [-0.1, -0.05) is 12.1 Å². The van der Waals surface area contributed by atoms with Gasteiger partial charge in [0.1, 0.15) is 5.75 Å². The summed E-state index contributed by atoms with van der Waals surface area (Å²) in [5, 5.41) is 5.29. The minimum atomic E-state index is -0.0418. The monoisotopic (exact) mass is 394 g/mol. The number of aryl methyl sites for hydroxylation is 3. The maximum Gasteiger partial charge on any atom is 0.261 e. The van der Waals surface area contributed by atoms with Gasteiger partial charge in [0.05, 0.1) is 18.5 Å². The summed E-state index contributed by atoms with van der Waals surface area (Å²) in [7, 11) is 3.49. The predicted octanol–water partition coefficient (Wildman–Crippen LogP) is 3.34. The quantitative estimate of drug-likeness (QED) is 0.664. The molecule has 0 radical (unpaired) electrons. The lowest BCUT2D eigenvalue weighted by molar-refractivity contribution is -0.134. The maximum atomic E-state index is 13.0. The molecular weight excluding hydrogens is 368 g/mol. The van der Waals surface area contributed by atoms with Crippen LogP contribution in [-0.2, 0) is 11.8 Å². The van der Waals surface area contributed by atoms with E-state index in [1.165, 1.54) is 0 Å². The molecule has 152 valence electrons. The fraction of sp³-hybridized carbons (Fsp3) is 0.409. The number of likely N-dealkylation sites (tertiary alicyclic amines) is 1. The van der Waals surface area contributed by atoms with Gasteiger partial charge in [-0.25, -0.2) is 9.67 Å². The van der Waals surface area contributed by atoms with Crippen LogP contribution >= 0.6 is 0 Å². The Morgan fingerprint density at radius 3 is 2.90 bits per heavy atom. The van der Waals surface area contributed by atoms with E-state index >= 15 is 0 Å². The van der Waals surface area contributed by atoms with E-state index in [0.717, 1.165) is 53.0 Å². The Bertz CT molecular complexity index is 1060. The highest BCUT2D eigenvalue weighted by Gasteiger charge is 2.30. The zero-order valence-electron chi connectivity index (χ0n) is 17.3. The second-order valence-electron chi connectivity index (χ2n) is 7.52. The second-order valence-corrected chi connectivity index (χ2v) is 7.52. The van der Waals surface area contributed by atoms with Crippen molar-refractivity contribution in [3.05, 3.63) is 47.2 Å². The zero-order chi connectivity index (χ0) is 20.5. The van der Waals surface area contributed by atoms with Gasteiger partial charge in [-0.05, 0) is 56.0 Å². The summed E-state index contributed by atoms with van der Waals surface area (Å²) in [5.74, 6) is 1.22. The lowest BCUT2D eigenvalue weighted by Gasteiger charge is -2.25. The van der Waals surface area contributed by atoms with E-state index in [1.807, 2.05) is 56.1 Å². The topological polar surface area (TPSA) is 69.5 Å². The molecule has 0 spiro atoms. The predicted molar refractivity (Wildman–Crippen MR) is 110 cm³/mol. The normalized spacial score (nSPS) is 16.4. The van der Waals surface area contributed by atoms with Crippen molar-refractivity contribution >= 4 is 16.9 Å².